The zero-order valence-corrected chi connectivity index (χ0v) is 10.8. The van der Waals surface area contributed by atoms with Gasteiger partial charge in [-0.2, -0.15) is 22.0 Å². The van der Waals surface area contributed by atoms with E-state index >= 15 is 0 Å². The molecule has 0 radical (unpaired) electrons. The van der Waals surface area contributed by atoms with E-state index in [2.05, 4.69) is 15.9 Å². The maximum absolute atomic E-state index is 13.0. The maximum Gasteiger partial charge on any atom is 0.455 e. The van der Waals surface area contributed by atoms with Crippen molar-refractivity contribution in [3.8, 4) is 0 Å². The fourth-order valence-electron chi connectivity index (χ4n) is 1.13. The number of hydrogen-bond donors (Lipinski definition) is 1. The van der Waals surface area contributed by atoms with Crippen LogP contribution in [0.1, 0.15) is 11.6 Å². The number of hydrogen-bond acceptors (Lipinski definition) is 1. The quantitative estimate of drug-likeness (QED) is 0.788. The molecule has 0 spiro atoms. The lowest BCUT2D eigenvalue weighted by Crippen LogP contribution is -2.46. The van der Waals surface area contributed by atoms with Gasteiger partial charge in [-0.1, -0.05) is 12.1 Å². The molecule has 0 aliphatic rings. The molecule has 0 saturated carbocycles. The number of benzene rings is 1. The van der Waals surface area contributed by atoms with Crippen LogP contribution in [-0.4, -0.2) is 12.1 Å². The Morgan fingerprint density at radius 3 is 2.06 bits per heavy atom. The Hall–Kier alpha value is -0.470. The molecule has 0 saturated heterocycles. The van der Waals surface area contributed by atoms with E-state index in [1.807, 2.05) is 0 Å². The molecular formula is C9H7BrClF6N. The van der Waals surface area contributed by atoms with Gasteiger partial charge < -0.3 is 5.73 Å². The van der Waals surface area contributed by atoms with Crippen LogP contribution in [0.15, 0.2) is 22.7 Å². The molecule has 1 aromatic rings. The summed E-state index contributed by atoms with van der Waals surface area (Å²) in [7, 11) is 0. The summed E-state index contributed by atoms with van der Waals surface area (Å²) in [5, 5.41) is 0. The largest absolute Gasteiger partial charge is 0.455 e. The highest BCUT2D eigenvalue weighted by atomic mass is 79.9. The predicted molar refractivity (Wildman–Crippen MR) is 59.3 cm³/mol. The Labute approximate surface area is 113 Å². The van der Waals surface area contributed by atoms with E-state index in [1.165, 1.54) is 0 Å². The molecule has 0 bridgehead atoms. The van der Waals surface area contributed by atoms with Gasteiger partial charge in [-0.05, 0) is 27.6 Å². The van der Waals surface area contributed by atoms with Crippen LogP contribution in [0.2, 0.25) is 0 Å². The highest BCUT2D eigenvalue weighted by Gasteiger charge is 2.62. The van der Waals surface area contributed by atoms with Gasteiger partial charge in [0.15, 0.2) is 0 Å². The van der Waals surface area contributed by atoms with Crippen molar-refractivity contribution >= 4 is 28.3 Å². The summed E-state index contributed by atoms with van der Waals surface area (Å²) < 4.78 is 74.5. The molecule has 0 heterocycles. The molecule has 0 aromatic heterocycles. The molecule has 1 atom stereocenters. The molecule has 104 valence electrons. The van der Waals surface area contributed by atoms with Crippen LogP contribution < -0.4 is 5.73 Å². The first-order valence-corrected chi connectivity index (χ1v) is 5.02. The molecule has 0 unspecified atom stereocenters. The molecule has 1 aromatic carbocycles. The van der Waals surface area contributed by atoms with Crippen molar-refractivity contribution in [1.82, 2.24) is 0 Å². The third kappa shape index (κ3) is 3.10. The average molecular weight is 359 g/mol. The van der Waals surface area contributed by atoms with E-state index in [0.29, 0.717) is 0 Å². The molecule has 1 nitrogen and oxygen atoms in total. The molecule has 0 aliphatic heterocycles. The van der Waals surface area contributed by atoms with E-state index < -0.39 is 34.0 Å². The first-order chi connectivity index (χ1) is 7.59. The second-order valence-electron chi connectivity index (χ2n) is 3.24. The SMILES string of the molecule is Cl.N[C@@H](c1cccc(F)c1Br)C(F)(F)C(F)(F)F. The Morgan fingerprint density at radius 1 is 1.11 bits per heavy atom. The van der Waals surface area contributed by atoms with Gasteiger partial charge in [-0.15, -0.1) is 12.4 Å². The minimum atomic E-state index is -5.79. The van der Waals surface area contributed by atoms with Crippen LogP contribution in [0.3, 0.4) is 0 Å². The molecule has 1 rings (SSSR count). The van der Waals surface area contributed by atoms with Gasteiger partial charge in [0, 0.05) is 0 Å². The smallest absolute Gasteiger partial charge is 0.319 e. The summed E-state index contributed by atoms with van der Waals surface area (Å²) >= 11 is 2.58. The first-order valence-electron chi connectivity index (χ1n) is 4.23. The van der Waals surface area contributed by atoms with Crippen LogP contribution in [0.5, 0.6) is 0 Å². The van der Waals surface area contributed by atoms with Crippen LogP contribution >= 0.6 is 28.3 Å². The number of nitrogens with two attached hydrogens (primary N) is 1. The van der Waals surface area contributed by atoms with Crippen LogP contribution in [0.25, 0.3) is 0 Å². The first kappa shape index (κ1) is 17.5. The standard InChI is InChI=1S/C9H6BrF6N.ClH/c10-6-4(2-1-3-5(6)11)7(17)8(12,13)9(14,15)16;/h1-3,7H,17H2;1H/t7-;/m0./s1. The van der Waals surface area contributed by atoms with Crippen LogP contribution in [0, 0.1) is 5.82 Å². The Morgan fingerprint density at radius 2 is 1.61 bits per heavy atom. The van der Waals surface area contributed by atoms with Gasteiger partial charge in [0.25, 0.3) is 0 Å². The topological polar surface area (TPSA) is 26.0 Å². The van der Waals surface area contributed by atoms with E-state index in [4.69, 9.17) is 5.73 Å². The van der Waals surface area contributed by atoms with Gasteiger partial charge in [-0.3, -0.25) is 0 Å². The zero-order valence-electron chi connectivity index (χ0n) is 8.44. The fraction of sp³-hybridized carbons (Fsp3) is 0.333. The Balaban J connectivity index is 0.00000289. The summed E-state index contributed by atoms with van der Waals surface area (Å²) in [6.45, 7) is 0. The molecule has 9 heteroatoms. The third-order valence-corrected chi connectivity index (χ3v) is 2.92. The summed E-state index contributed by atoms with van der Waals surface area (Å²) in [5.41, 5.74) is 4.22. The molecule has 0 fully saturated rings. The normalized spacial score (nSPS) is 14.0. The number of rotatable bonds is 2. The Bertz CT molecular complexity index is 422. The van der Waals surface area contributed by atoms with Crippen molar-refractivity contribution in [3.63, 3.8) is 0 Å². The van der Waals surface area contributed by atoms with Crippen molar-refractivity contribution in [2.24, 2.45) is 5.73 Å². The van der Waals surface area contributed by atoms with Crippen molar-refractivity contribution < 1.29 is 26.3 Å². The highest BCUT2D eigenvalue weighted by Crippen LogP contribution is 2.44. The maximum atomic E-state index is 13.0. The van der Waals surface area contributed by atoms with E-state index in [9.17, 15) is 26.3 Å². The van der Waals surface area contributed by atoms with Gasteiger partial charge >= 0.3 is 12.1 Å². The zero-order chi connectivity index (χ0) is 13.4. The summed E-state index contributed by atoms with van der Waals surface area (Å²) in [4.78, 5) is 0. The lowest BCUT2D eigenvalue weighted by atomic mass is 10.0. The highest BCUT2D eigenvalue weighted by molar-refractivity contribution is 9.10. The van der Waals surface area contributed by atoms with Crippen molar-refractivity contribution in [3.05, 3.63) is 34.1 Å². The van der Waals surface area contributed by atoms with E-state index in [-0.39, 0.29) is 12.4 Å². The Kier molecular flexibility index (Phi) is 5.52. The fourth-order valence-corrected chi connectivity index (χ4v) is 1.64. The second kappa shape index (κ2) is 5.66. The summed E-state index contributed by atoms with van der Waals surface area (Å²) in [6.07, 6.45) is -5.79. The number of halogens is 8. The van der Waals surface area contributed by atoms with Crippen LogP contribution in [0.4, 0.5) is 26.3 Å². The number of alkyl halides is 5. The van der Waals surface area contributed by atoms with Gasteiger partial charge in [0.1, 0.15) is 11.9 Å². The van der Waals surface area contributed by atoms with Gasteiger partial charge in [0.05, 0.1) is 4.47 Å². The summed E-state index contributed by atoms with van der Waals surface area (Å²) in [5.74, 6) is -6.10. The minimum Gasteiger partial charge on any atom is -0.319 e. The van der Waals surface area contributed by atoms with Gasteiger partial charge in [-0.25, -0.2) is 4.39 Å². The van der Waals surface area contributed by atoms with E-state index in [1.54, 1.807) is 0 Å². The summed E-state index contributed by atoms with van der Waals surface area (Å²) in [6, 6.07) is 0.137. The lowest BCUT2D eigenvalue weighted by molar-refractivity contribution is -0.291. The van der Waals surface area contributed by atoms with Crippen LogP contribution in [-0.2, 0) is 0 Å². The molecular weight excluding hydrogens is 351 g/mol. The van der Waals surface area contributed by atoms with Crippen molar-refractivity contribution in [2.75, 3.05) is 0 Å². The molecule has 2 N–H and O–H groups in total. The monoisotopic (exact) mass is 357 g/mol. The predicted octanol–water partition coefficient (Wildman–Crippen LogP) is 4.21. The van der Waals surface area contributed by atoms with E-state index in [0.717, 1.165) is 18.2 Å². The van der Waals surface area contributed by atoms with Crippen molar-refractivity contribution in [2.45, 2.75) is 18.1 Å². The lowest BCUT2D eigenvalue weighted by Gasteiger charge is -2.26. The average Bonchev–Trinajstić information content (AvgIpc) is 2.19. The molecule has 0 aliphatic carbocycles. The molecule has 18 heavy (non-hydrogen) atoms. The third-order valence-electron chi connectivity index (χ3n) is 2.09. The van der Waals surface area contributed by atoms with Crippen molar-refractivity contribution in [1.29, 1.82) is 0 Å². The molecule has 0 amide bonds. The second-order valence-corrected chi connectivity index (χ2v) is 4.03. The van der Waals surface area contributed by atoms with Gasteiger partial charge in [0.2, 0.25) is 0 Å². The minimum absolute atomic E-state index is 0.